The van der Waals surface area contributed by atoms with Gasteiger partial charge < -0.3 is 14.8 Å². The minimum Gasteiger partial charge on any atom is -0.496 e. The normalized spacial score (nSPS) is 16.2. The van der Waals surface area contributed by atoms with Crippen molar-refractivity contribution in [3.8, 4) is 11.5 Å². The number of nitrogens with zero attached hydrogens (tertiary/aromatic N) is 1. The first kappa shape index (κ1) is 14.0. The number of fused-ring (bicyclic) bond motifs is 1. The molecule has 1 N–H and O–H groups in total. The van der Waals surface area contributed by atoms with Crippen molar-refractivity contribution in [3.05, 3.63) is 46.6 Å². The smallest absolute Gasteiger partial charge is 0.131 e. The fourth-order valence-electron chi connectivity index (χ4n) is 2.50. The number of hydrogen-bond donors (Lipinski definition) is 1. The number of nitrogens with one attached hydrogen (secondary N) is 1. The number of anilines is 1. The van der Waals surface area contributed by atoms with E-state index in [2.05, 4.69) is 23.3 Å². The summed E-state index contributed by atoms with van der Waals surface area (Å²) in [5.41, 5.74) is 2.23. The van der Waals surface area contributed by atoms with Crippen molar-refractivity contribution in [3.63, 3.8) is 0 Å². The Bertz CT molecular complexity index is 661. The molecule has 0 radical (unpaired) electrons. The average Bonchev–Trinajstić information content (AvgIpc) is 2.83. The molecule has 0 aliphatic carbocycles. The van der Waals surface area contributed by atoms with Crippen LogP contribution in [0.3, 0.4) is 0 Å². The lowest BCUT2D eigenvalue weighted by atomic mass is 10.1. The maximum atomic E-state index is 5.88. The second kappa shape index (κ2) is 5.82. The summed E-state index contributed by atoms with van der Waals surface area (Å²) in [7, 11) is 1.68. The second-order valence-electron chi connectivity index (χ2n) is 5.10. The van der Waals surface area contributed by atoms with Crippen molar-refractivity contribution >= 4 is 17.4 Å². The highest BCUT2D eigenvalue weighted by molar-refractivity contribution is 6.29. The molecule has 1 atom stereocenters. The third-order valence-electron chi connectivity index (χ3n) is 3.47. The fraction of sp³-hybridized carbons (Fsp3) is 0.312. The van der Waals surface area contributed by atoms with Gasteiger partial charge in [0.2, 0.25) is 0 Å². The summed E-state index contributed by atoms with van der Waals surface area (Å²) >= 11 is 5.88. The summed E-state index contributed by atoms with van der Waals surface area (Å²) in [5.74, 6) is 2.54. The van der Waals surface area contributed by atoms with Crippen molar-refractivity contribution in [2.24, 2.45) is 0 Å². The van der Waals surface area contributed by atoms with Crippen LogP contribution >= 0.6 is 11.6 Å². The highest BCUT2D eigenvalue weighted by Crippen LogP contribution is 2.35. The van der Waals surface area contributed by atoms with Gasteiger partial charge >= 0.3 is 0 Å². The Labute approximate surface area is 129 Å². The highest BCUT2D eigenvalue weighted by Gasteiger charge is 2.21. The Morgan fingerprint density at radius 2 is 2.29 bits per heavy atom. The van der Waals surface area contributed by atoms with Gasteiger partial charge in [-0.2, -0.15) is 0 Å². The van der Waals surface area contributed by atoms with Gasteiger partial charge in [0.15, 0.2) is 0 Å². The number of rotatable bonds is 4. The van der Waals surface area contributed by atoms with E-state index in [1.54, 1.807) is 13.2 Å². The number of ether oxygens (including phenoxy) is 2. The molecule has 21 heavy (non-hydrogen) atoms. The van der Waals surface area contributed by atoms with Crippen molar-refractivity contribution in [2.45, 2.75) is 26.0 Å². The van der Waals surface area contributed by atoms with E-state index in [1.807, 2.05) is 18.2 Å². The van der Waals surface area contributed by atoms with Crippen LogP contribution in [0.5, 0.6) is 11.5 Å². The Kier molecular flexibility index (Phi) is 3.88. The summed E-state index contributed by atoms with van der Waals surface area (Å²) < 4.78 is 11.3. The molecule has 0 saturated heterocycles. The van der Waals surface area contributed by atoms with Crippen LogP contribution in [0.4, 0.5) is 5.82 Å². The van der Waals surface area contributed by atoms with Crippen LogP contribution in [-0.2, 0) is 13.0 Å². The largest absolute Gasteiger partial charge is 0.496 e. The second-order valence-corrected chi connectivity index (χ2v) is 5.49. The first-order valence-corrected chi connectivity index (χ1v) is 7.26. The zero-order valence-electron chi connectivity index (χ0n) is 12.0. The predicted molar refractivity (Wildman–Crippen MR) is 83.4 cm³/mol. The zero-order chi connectivity index (χ0) is 14.8. The first-order valence-electron chi connectivity index (χ1n) is 6.88. The molecule has 3 rings (SSSR count). The van der Waals surface area contributed by atoms with E-state index < -0.39 is 0 Å². The van der Waals surface area contributed by atoms with Crippen molar-refractivity contribution in [2.75, 3.05) is 12.4 Å². The summed E-state index contributed by atoms with van der Waals surface area (Å²) in [4.78, 5) is 4.21. The van der Waals surface area contributed by atoms with E-state index in [1.165, 1.54) is 5.56 Å². The third kappa shape index (κ3) is 3.05. The van der Waals surface area contributed by atoms with Crippen LogP contribution in [0.25, 0.3) is 0 Å². The standard InChI is InChI=1S/C16H17ClN2O2/c1-10-6-11-7-13(20-2)12(8-14(11)21-10)9-18-16-5-3-4-15(17)19-16/h3-5,7-8,10H,6,9H2,1-2H3,(H,18,19). The van der Waals surface area contributed by atoms with Crippen LogP contribution in [0.15, 0.2) is 30.3 Å². The molecule has 110 valence electrons. The minimum atomic E-state index is 0.225. The van der Waals surface area contributed by atoms with E-state index in [9.17, 15) is 0 Å². The molecule has 5 heteroatoms. The molecule has 0 amide bonds. The summed E-state index contributed by atoms with van der Waals surface area (Å²) in [6.07, 6.45) is 1.15. The highest BCUT2D eigenvalue weighted by atomic mass is 35.5. The SMILES string of the molecule is COc1cc2c(cc1CNc1cccc(Cl)n1)OC(C)C2. The van der Waals surface area contributed by atoms with E-state index in [0.717, 1.165) is 29.3 Å². The van der Waals surface area contributed by atoms with Crippen molar-refractivity contribution < 1.29 is 9.47 Å². The monoisotopic (exact) mass is 304 g/mol. The van der Waals surface area contributed by atoms with E-state index in [4.69, 9.17) is 21.1 Å². The topological polar surface area (TPSA) is 43.4 Å². The van der Waals surface area contributed by atoms with Crippen molar-refractivity contribution in [1.82, 2.24) is 4.98 Å². The summed E-state index contributed by atoms with van der Waals surface area (Å²) in [5, 5.41) is 3.72. The van der Waals surface area contributed by atoms with Gasteiger partial charge in [-0.1, -0.05) is 17.7 Å². The van der Waals surface area contributed by atoms with Crippen LogP contribution < -0.4 is 14.8 Å². The third-order valence-corrected chi connectivity index (χ3v) is 3.68. The van der Waals surface area contributed by atoms with Gasteiger partial charge in [0, 0.05) is 24.1 Å². The Morgan fingerprint density at radius 3 is 3.05 bits per heavy atom. The van der Waals surface area contributed by atoms with Gasteiger partial charge in [-0.05, 0) is 31.2 Å². The number of halogens is 1. The van der Waals surface area contributed by atoms with Crippen LogP contribution in [0, 0.1) is 0 Å². The van der Waals surface area contributed by atoms with Gasteiger partial charge in [0.25, 0.3) is 0 Å². The van der Waals surface area contributed by atoms with Crippen molar-refractivity contribution in [1.29, 1.82) is 0 Å². The van der Waals surface area contributed by atoms with Crippen LogP contribution in [0.2, 0.25) is 5.15 Å². The molecular weight excluding hydrogens is 288 g/mol. The van der Waals surface area contributed by atoms with E-state index in [-0.39, 0.29) is 6.10 Å². The molecule has 1 aliphatic heterocycles. The summed E-state index contributed by atoms with van der Waals surface area (Å²) in [6, 6.07) is 9.58. The van der Waals surface area contributed by atoms with Gasteiger partial charge in [0.1, 0.15) is 28.6 Å². The fourth-order valence-corrected chi connectivity index (χ4v) is 2.67. The lowest BCUT2D eigenvalue weighted by molar-refractivity contribution is 0.254. The molecule has 1 aromatic carbocycles. The molecule has 0 fully saturated rings. The number of hydrogen-bond acceptors (Lipinski definition) is 4. The molecule has 0 saturated carbocycles. The van der Waals surface area contributed by atoms with E-state index in [0.29, 0.717) is 11.7 Å². The van der Waals surface area contributed by atoms with Gasteiger partial charge in [-0.15, -0.1) is 0 Å². The molecule has 1 unspecified atom stereocenters. The quantitative estimate of drug-likeness (QED) is 0.875. The molecule has 1 aromatic heterocycles. The molecule has 0 bridgehead atoms. The van der Waals surface area contributed by atoms with Gasteiger partial charge in [-0.25, -0.2) is 4.98 Å². The van der Waals surface area contributed by atoms with Crippen LogP contribution in [0.1, 0.15) is 18.1 Å². The molecule has 0 spiro atoms. The lowest BCUT2D eigenvalue weighted by Gasteiger charge is -2.12. The molecule has 4 nitrogen and oxygen atoms in total. The minimum absolute atomic E-state index is 0.225. The van der Waals surface area contributed by atoms with E-state index >= 15 is 0 Å². The predicted octanol–water partition coefficient (Wildman–Crippen LogP) is 3.68. The number of benzene rings is 1. The zero-order valence-corrected chi connectivity index (χ0v) is 12.8. The molecule has 2 aromatic rings. The first-order chi connectivity index (χ1) is 10.2. The number of pyridine rings is 1. The molecular formula is C16H17ClN2O2. The molecule has 2 heterocycles. The van der Waals surface area contributed by atoms with Gasteiger partial charge in [0.05, 0.1) is 7.11 Å². The Balaban J connectivity index is 1.80. The number of methoxy groups -OCH3 is 1. The maximum Gasteiger partial charge on any atom is 0.131 e. The Morgan fingerprint density at radius 1 is 1.43 bits per heavy atom. The maximum absolute atomic E-state index is 5.88. The van der Waals surface area contributed by atoms with Crippen LogP contribution in [-0.4, -0.2) is 18.2 Å². The number of aromatic nitrogens is 1. The Hall–Kier alpha value is -1.94. The lowest BCUT2D eigenvalue weighted by Crippen LogP contribution is -2.05. The average molecular weight is 305 g/mol. The molecule has 1 aliphatic rings. The summed E-state index contributed by atoms with van der Waals surface area (Å²) in [6.45, 7) is 2.67. The van der Waals surface area contributed by atoms with Gasteiger partial charge in [-0.3, -0.25) is 0 Å².